The van der Waals surface area contributed by atoms with E-state index in [4.69, 9.17) is 5.26 Å². The molecule has 2 heterocycles. The first kappa shape index (κ1) is 21.9. The van der Waals surface area contributed by atoms with Crippen LogP contribution in [-0.2, 0) is 0 Å². The molecule has 2 aromatic carbocycles. The Bertz CT molecular complexity index is 1190. The fourth-order valence-corrected chi connectivity index (χ4v) is 3.25. The molecule has 0 aliphatic heterocycles. The highest BCUT2D eigenvalue weighted by Gasteiger charge is 2.09. The van der Waals surface area contributed by atoms with E-state index in [0.717, 1.165) is 33.6 Å². The van der Waals surface area contributed by atoms with Gasteiger partial charge in [-0.25, -0.2) is 4.98 Å². The third-order valence-electron chi connectivity index (χ3n) is 4.73. The number of benzene rings is 2. The molecule has 2 aromatic heterocycles. The molecule has 0 amide bonds. The lowest BCUT2D eigenvalue weighted by molar-refractivity contribution is 1.16. The Morgan fingerprint density at radius 1 is 0.806 bits per heavy atom. The van der Waals surface area contributed by atoms with Crippen molar-refractivity contribution in [1.29, 1.82) is 5.26 Å². The molecule has 0 aliphatic rings. The molecular formula is C24H21BrN6. The topological polar surface area (TPSA) is 86.5 Å². The molecule has 0 unspecified atom stereocenters. The molecule has 2 N–H and O–H groups in total. The monoisotopic (exact) mass is 472 g/mol. The zero-order chi connectivity index (χ0) is 20.9. The number of nitrogens with one attached hydrogen (secondary N) is 2. The van der Waals surface area contributed by atoms with Crippen LogP contribution in [-0.4, -0.2) is 15.0 Å². The number of pyridine rings is 1. The molecule has 31 heavy (non-hydrogen) atoms. The number of anilines is 4. The minimum atomic E-state index is 0. The van der Waals surface area contributed by atoms with Crippen LogP contribution in [0.4, 0.5) is 23.1 Å². The van der Waals surface area contributed by atoms with Crippen molar-refractivity contribution < 1.29 is 0 Å². The molecule has 0 bridgehead atoms. The molecular weight excluding hydrogens is 452 g/mol. The van der Waals surface area contributed by atoms with Gasteiger partial charge in [0.2, 0.25) is 5.95 Å². The van der Waals surface area contributed by atoms with E-state index in [2.05, 4.69) is 57.6 Å². The van der Waals surface area contributed by atoms with E-state index >= 15 is 0 Å². The number of aryl methyl sites for hydroxylation is 2. The molecule has 0 saturated carbocycles. The van der Waals surface area contributed by atoms with Crippen LogP contribution in [0.1, 0.15) is 16.7 Å². The fraction of sp³-hybridized carbons (Fsp3) is 0.0833. The van der Waals surface area contributed by atoms with Gasteiger partial charge in [0.15, 0.2) is 0 Å². The van der Waals surface area contributed by atoms with Gasteiger partial charge in [-0.2, -0.15) is 10.2 Å². The van der Waals surface area contributed by atoms with E-state index in [1.165, 1.54) is 0 Å². The van der Waals surface area contributed by atoms with Crippen LogP contribution in [0.15, 0.2) is 73.2 Å². The lowest BCUT2D eigenvalue weighted by Gasteiger charge is -2.15. The first-order valence-electron chi connectivity index (χ1n) is 9.51. The Hall–Kier alpha value is -3.76. The summed E-state index contributed by atoms with van der Waals surface area (Å²) >= 11 is 0. The van der Waals surface area contributed by atoms with Crippen molar-refractivity contribution in [1.82, 2.24) is 15.0 Å². The van der Waals surface area contributed by atoms with Gasteiger partial charge in [-0.3, -0.25) is 4.98 Å². The van der Waals surface area contributed by atoms with Gasteiger partial charge < -0.3 is 10.6 Å². The van der Waals surface area contributed by atoms with E-state index in [-0.39, 0.29) is 17.0 Å². The SMILES string of the molecule is Br.Cc1cc(-c2ccncc2)cc(C)c1Nc1ccnc(Nc2ccc(C#N)cc2)n1. The largest absolute Gasteiger partial charge is 0.340 e. The maximum atomic E-state index is 8.92. The van der Waals surface area contributed by atoms with Crippen LogP contribution < -0.4 is 10.6 Å². The molecule has 0 spiro atoms. The van der Waals surface area contributed by atoms with Gasteiger partial charge in [-0.1, -0.05) is 0 Å². The summed E-state index contributed by atoms with van der Waals surface area (Å²) in [5, 5.41) is 15.5. The standard InChI is InChI=1S/C24H20N6.BrH/c1-16-13-20(19-7-10-26-11-8-19)14-17(2)23(16)29-22-9-12-27-24(30-22)28-21-5-3-18(15-25)4-6-21;/h3-14H,1-2H3,(H2,27,28,29,30);1H. The van der Waals surface area contributed by atoms with Crippen molar-refractivity contribution >= 4 is 40.1 Å². The van der Waals surface area contributed by atoms with Crippen LogP contribution in [0.2, 0.25) is 0 Å². The van der Waals surface area contributed by atoms with Crippen LogP contribution in [0.25, 0.3) is 11.1 Å². The normalized spacial score (nSPS) is 9.97. The van der Waals surface area contributed by atoms with E-state index in [1.807, 2.05) is 30.3 Å². The summed E-state index contributed by atoms with van der Waals surface area (Å²) in [4.78, 5) is 12.9. The van der Waals surface area contributed by atoms with Crippen LogP contribution in [0.5, 0.6) is 0 Å². The number of hydrogen-bond donors (Lipinski definition) is 2. The fourth-order valence-electron chi connectivity index (χ4n) is 3.25. The molecule has 0 radical (unpaired) electrons. The minimum absolute atomic E-state index is 0. The Kier molecular flexibility index (Phi) is 6.96. The van der Waals surface area contributed by atoms with Crippen LogP contribution in [0, 0.1) is 25.2 Å². The van der Waals surface area contributed by atoms with E-state index in [1.54, 1.807) is 30.7 Å². The first-order chi connectivity index (χ1) is 14.6. The lowest BCUT2D eigenvalue weighted by Crippen LogP contribution is -2.02. The van der Waals surface area contributed by atoms with Crippen LogP contribution >= 0.6 is 17.0 Å². The minimum Gasteiger partial charge on any atom is -0.340 e. The average molecular weight is 473 g/mol. The number of halogens is 1. The Morgan fingerprint density at radius 3 is 2.13 bits per heavy atom. The molecule has 4 rings (SSSR count). The summed E-state index contributed by atoms with van der Waals surface area (Å²) in [6, 6.07) is 19.4. The summed E-state index contributed by atoms with van der Waals surface area (Å²) in [6.07, 6.45) is 5.31. The van der Waals surface area contributed by atoms with Crippen molar-refractivity contribution in [2.45, 2.75) is 13.8 Å². The van der Waals surface area contributed by atoms with Gasteiger partial charge >= 0.3 is 0 Å². The van der Waals surface area contributed by atoms with Gasteiger partial charge in [0.25, 0.3) is 0 Å². The van der Waals surface area contributed by atoms with Crippen molar-refractivity contribution in [3.63, 3.8) is 0 Å². The second-order valence-electron chi connectivity index (χ2n) is 6.93. The highest BCUT2D eigenvalue weighted by Crippen LogP contribution is 2.30. The second-order valence-corrected chi connectivity index (χ2v) is 6.93. The molecule has 4 aromatic rings. The average Bonchev–Trinajstić information content (AvgIpc) is 2.77. The van der Waals surface area contributed by atoms with E-state index in [0.29, 0.717) is 17.3 Å². The van der Waals surface area contributed by atoms with Gasteiger partial charge in [0.05, 0.1) is 11.6 Å². The lowest BCUT2D eigenvalue weighted by atomic mass is 9.99. The summed E-state index contributed by atoms with van der Waals surface area (Å²) in [6.45, 7) is 4.16. The second kappa shape index (κ2) is 9.83. The molecule has 0 saturated heterocycles. The highest BCUT2D eigenvalue weighted by atomic mass is 79.9. The quantitative estimate of drug-likeness (QED) is 0.365. The predicted octanol–water partition coefficient (Wildman–Crippen LogP) is 6.09. The molecule has 154 valence electrons. The van der Waals surface area contributed by atoms with Crippen molar-refractivity contribution in [3.8, 4) is 17.2 Å². The van der Waals surface area contributed by atoms with E-state index < -0.39 is 0 Å². The zero-order valence-corrected chi connectivity index (χ0v) is 18.8. The molecule has 0 atom stereocenters. The third-order valence-corrected chi connectivity index (χ3v) is 4.73. The summed E-state index contributed by atoms with van der Waals surface area (Å²) in [5.41, 5.74) is 7.00. The number of nitrogens with zero attached hydrogens (tertiary/aromatic N) is 4. The first-order valence-corrected chi connectivity index (χ1v) is 9.51. The number of aromatic nitrogens is 3. The van der Waals surface area contributed by atoms with Crippen molar-refractivity contribution in [2.24, 2.45) is 0 Å². The number of hydrogen-bond acceptors (Lipinski definition) is 6. The van der Waals surface area contributed by atoms with Gasteiger partial charge in [-0.05, 0) is 90.7 Å². The van der Waals surface area contributed by atoms with Crippen molar-refractivity contribution in [2.75, 3.05) is 10.6 Å². The van der Waals surface area contributed by atoms with Gasteiger partial charge in [0, 0.05) is 30.0 Å². The predicted molar refractivity (Wildman–Crippen MR) is 129 cm³/mol. The third kappa shape index (κ3) is 5.24. The summed E-state index contributed by atoms with van der Waals surface area (Å²) in [5.74, 6) is 1.18. The van der Waals surface area contributed by atoms with Gasteiger partial charge in [-0.15, -0.1) is 17.0 Å². The Balaban J connectivity index is 0.00000272. The van der Waals surface area contributed by atoms with E-state index in [9.17, 15) is 0 Å². The summed E-state index contributed by atoms with van der Waals surface area (Å²) < 4.78 is 0. The Morgan fingerprint density at radius 2 is 1.48 bits per heavy atom. The maximum absolute atomic E-state index is 8.92. The van der Waals surface area contributed by atoms with Crippen LogP contribution in [0.3, 0.4) is 0 Å². The van der Waals surface area contributed by atoms with Gasteiger partial charge in [0.1, 0.15) is 5.82 Å². The summed E-state index contributed by atoms with van der Waals surface area (Å²) in [7, 11) is 0. The zero-order valence-electron chi connectivity index (χ0n) is 17.1. The highest BCUT2D eigenvalue weighted by molar-refractivity contribution is 8.93. The molecule has 0 aliphatic carbocycles. The number of nitriles is 1. The smallest absolute Gasteiger partial charge is 0.229 e. The molecule has 6 nitrogen and oxygen atoms in total. The molecule has 0 fully saturated rings. The molecule has 7 heteroatoms. The van der Waals surface area contributed by atoms with Crippen molar-refractivity contribution in [3.05, 3.63) is 89.9 Å². The maximum Gasteiger partial charge on any atom is 0.229 e. The number of rotatable bonds is 5. The Labute approximate surface area is 191 Å².